The van der Waals surface area contributed by atoms with Gasteiger partial charge in [-0.25, -0.2) is 9.97 Å². The van der Waals surface area contributed by atoms with Gasteiger partial charge >= 0.3 is 0 Å². The number of hydrogen-bond donors (Lipinski definition) is 3. The summed E-state index contributed by atoms with van der Waals surface area (Å²) in [6.07, 6.45) is 13.5. The lowest BCUT2D eigenvalue weighted by Gasteiger charge is -2.40. The number of nitrogens with one attached hydrogen (secondary N) is 3. The number of ether oxygens (including phenoxy) is 1. The van der Waals surface area contributed by atoms with Crippen LogP contribution in [0.1, 0.15) is 49.0 Å². The van der Waals surface area contributed by atoms with Crippen molar-refractivity contribution >= 4 is 17.4 Å². The van der Waals surface area contributed by atoms with E-state index in [2.05, 4.69) is 25.5 Å². The molecular weight excluding hydrogens is 380 g/mol. The van der Waals surface area contributed by atoms with Crippen molar-refractivity contribution in [1.29, 1.82) is 5.41 Å². The third-order valence-corrected chi connectivity index (χ3v) is 6.56. The Hall–Kier alpha value is -2.74. The molecule has 1 spiro atoms. The summed E-state index contributed by atoms with van der Waals surface area (Å²) in [5.74, 6) is 1.02. The van der Waals surface area contributed by atoms with Gasteiger partial charge in [0.1, 0.15) is 17.3 Å². The van der Waals surface area contributed by atoms with E-state index in [0.717, 1.165) is 44.6 Å². The monoisotopic (exact) mass is 408 g/mol. The minimum atomic E-state index is -0.333. The maximum absolute atomic E-state index is 12.7. The van der Waals surface area contributed by atoms with Crippen molar-refractivity contribution in [2.75, 3.05) is 25.1 Å². The average molecular weight is 409 g/mol. The molecular formula is C22H28N6O2. The number of amides is 1. The highest BCUT2D eigenvalue weighted by Crippen LogP contribution is 2.45. The number of carbonyl (C=O) groups excluding carboxylic acids is 1. The Balaban J connectivity index is 1.24. The molecule has 1 aliphatic heterocycles. The van der Waals surface area contributed by atoms with E-state index in [-0.39, 0.29) is 17.0 Å². The molecule has 0 aromatic carbocycles. The van der Waals surface area contributed by atoms with E-state index < -0.39 is 0 Å². The van der Waals surface area contributed by atoms with Gasteiger partial charge in [-0.15, -0.1) is 0 Å². The maximum atomic E-state index is 12.7. The minimum absolute atomic E-state index is 0.279. The highest BCUT2D eigenvalue weighted by molar-refractivity contribution is 6.04. The van der Waals surface area contributed by atoms with Gasteiger partial charge < -0.3 is 25.7 Å². The Kier molecular flexibility index (Phi) is 4.81. The van der Waals surface area contributed by atoms with Crippen LogP contribution in [-0.2, 0) is 4.74 Å². The number of hydrogen-bond acceptors (Lipinski definition) is 7. The molecule has 3 N–H and O–H groups in total. The fourth-order valence-electron chi connectivity index (χ4n) is 4.65. The van der Waals surface area contributed by atoms with Gasteiger partial charge in [-0.2, -0.15) is 0 Å². The van der Waals surface area contributed by atoms with E-state index in [0.29, 0.717) is 29.3 Å². The molecule has 1 aromatic heterocycles. The Morgan fingerprint density at radius 3 is 2.60 bits per heavy atom. The van der Waals surface area contributed by atoms with Gasteiger partial charge in [-0.1, -0.05) is 12.8 Å². The fourth-order valence-corrected chi connectivity index (χ4v) is 4.65. The Morgan fingerprint density at radius 2 is 1.97 bits per heavy atom. The molecule has 158 valence electrons. The lowest BCUT2D eigenvalue weighted by molar-refractivity contribution is 0.0961. The molecule has 0 radical (unpaired) electrons. The predicted octanol–water partition coefficient (Wildman–Crippen LogP) is 2.15. The predicted molar refractivity (Wildman–Crippen MR) is 113 cm³/mol. The molecule has 3 aliphatic carbocycles. The summed E-state index contributed by atoms with van der Waals surface area (Å²) in [4.78, 5) is 23.7. The summed E-state index contributed by atoms with van der Waals surface area (Å²) in [6, 6.07) is 1.24. The molecule has 8 nitrogen and oxygen atoms in total. The van der Waals surface area contributed by atoms with Crippen molar-refractivity contribution in [3.05, 3.63) is 41.7 Å². The number of aromatic nitrogens is 2. The number of anilines is 1. The lowest BCUT2D eigenvalue weighted by Crippen LogP contribution is -2.59. The molecule has 0 bridgehead atoms. The van der Waals surface area contributed by atoms with E-state index in [1.54, 1.807) is 19.4 Å². The summed E-state index contributed by atoms with van der Waals surface area (Å²) < 4.78 is 5.41. The number of nitrogens with zero attached hydrogens (tertiary/aromatic N) is 3. The second-order valence-electron chi connectivity index (χ2n) is 8.81. The first kappa shape index (κ1) is 19.2. The Labute approximate surface area is 176 Å². The number of rotatable bonds is 6. The lowest BCUT2D eigenvalue weighted by atomic mass is 9.76. The second-order valence-corrected chi connectivity index (χ2v) is 8.81. The van der Waals surface area contributed by atoms with Gasteiger partial charge in [-0.05, 0) is 31.8 Å². The summed E-state index contributed by atoms with van der Waals surface area (Å²) in [6.45, 7) is 1.87. The van der Waals surface area contributed by atoms with Crippen LogP contribution in [0.3, 0.4) is 0 Å². The van der Waals surface area contributed by atoms with Crippen molar-refractivity contribution < 1.29 is 9.53 Å². The van der Waals surface area contributed by atoms with E-state index in [1.807, 2.05) is 6.08 Å². The van der Waals surface area contributed by atoms with Crippen LogP contribution in [0.15, 0.2) is 36.0 Å². The van der Waals surface area contributed by atoms with E-state index >= 15 is 0 Å². The van der Waals surface area contributed by atoms with Crippen LogP contribution in [0.4, 0.5) is 5.82 Å². The summed E-state index contributed by atoms with van der Waals surface area (Å²) in [5, 5.41) is 15.0. The fraction of sp³-hybridized carbons (Fsp3) is 0.545. The first-order valence-corrected chi connectivity index (χ1v) is 10.8. The molecule has 30 heavy (non-hydrogen) atoms. The quantitative estimate of drug-likeness (QED) is 0.667. The molecule has 1 aromatic rings. The molecule has 3 fully saturated rings. The highest BCUT2D eigenvalue weighted by Gasteiger charge is 2.41. The van der Waals surface area contributed by atoms with E-state index in [4.69, 9.17) is 10.1 Å². The van der Waals surface area contributed by atoms with Gasteiger partial charge in [0.25, 0.3) is 5.91 Å². The zero-order chi connectivity index (χ0) is 20.7. The topological polar surface area (TPSA) is 103 Å². The van der Waals surface area contributed by atoms with Crippen LogP contribution in [0.5, 0.6) is 0 Å². The zero-order valence-electron chi connectivity index (χ0n) is 17.3. The van der Waals surface area contributed by atoms with Crippen molar-refractivity contribution in [1.82, 2.24) is 20.6 Å². The molecule has 4 aliphatic rings. The van der Waals surface area contributed by atoms with Crippen molar-refractivity contribution in [2.24, 2.45) is 5.41 Å². The van der Waals surface area contributed by atoms with Crippen LogP contribution in [0, 0.1) is 10.8 Å². The van der Waals surface area contributed by atoms with Crippen LogP contribution in [-0.4, -0.2) is 53.9 Å². The molecule has 2 heterocycles. The van der Waals surface area contributed by atoms with Crippen LogP contribution < -0.4 is 15.5 Å². The molecule has 1 saturated heterocycles. The molecule has 1 amide bonds. The standard InChI is InChI=1S/C22H28N6O2/c1-30-18-8-15(9-22(20(18)23)6-2-3-7-22)27-21(29)17-10-25-19(11-24-17)28-12-16(13-28)26-14-4-5-14/h8-11,14,16,23,26H,2-7,12-13H2,1H3,(H,27,29). The van der Waals surface area contributed by atoms with Gasteiger partial charge in [0.2, 0.25) is 0 Å². The van der Waals surface area contributed by atoms with Crippen LogP contribution in [0.25, 0.3) is 0 Å². The highest BCUT2D eigenvalue weighted by atomic mass is 16.5. The smallest absolute Gasteiger partial charge is 0.275 e. The van der Waals surface area contributed by atoms with Crippen LogP contribution in [0.2, 0.25) is 0 Å². The first-order valence-electron chi connectivity index (χ1n) is 10.8. The van der Waals surface area contributed by atoms with Gasteiger partial charge in [0, 0.05) is 42.4 Å². The van der Waals surface area contributed by atoms with E-state index in [1.165, 1.54) is 19.0 Å². The second kappa shape index (κ2) is 7.50. The molecule has 2 saturated carbocycles. The summed E-state index contributed by atoms with van der Waals surface area (Å²) in [7, 11) is 1.57. The Bertz CT molecular complexity index is 906. The van der Waals surface area contributed by atoms with Gasteiger partial charge in [-0.3, -0.25) is 4.79 Å². The van der Waals surface area contributed by atoms with Gasteiger partial charge in [0.15, 0.2) is 0 Å². The SMILES string of the molecule is COC1=CC(NC(=O)c2cnc(N3CC(NC4CC4)C3)cn2)=CC2(CCCC2)C1=N. The molecule has 5 rings (SSSR count). The van der Waals surface area contributed by atoms with Crippen molar-refractivity contribution in [3.63, 3.8) is 0 Å². The molecule has 0 unspecified atom stereocenters. The van der Waals surface area contributed by atoms with Crippen LogP contribution >= 0.6 is 0 Å². The number of carbonyl (C=O) groups is 1. The normalized spacial score (nSPS) is 23.1. The maximum Gasteiger partial charge on any atom is 0.275 e. The summed E-state index contributed by atoms with van der Waals surface area (Å²) >= 11 is 0. The number of allylic oxidation sites excluding steroid dienone is 3. The third kappa shape index (κ3) is 3.60. The third-order valence-electron chi connectivity index (χ3n) is 6.56. The molecule has 8 heteroatoms. The van der Waals surface area contributed by atoms with E-state index in [9.17, 15) is 4.79 Å². The summed E-state index contributed by atoms with van der Waals surface area (Å²) in [5.41, 5.74) is 1.12. The van der Waals surface area contributed by atoms with Crippen molar-refractivity contribution in [2.45, 2.75) is 50.6 Å². The first-order chi connectivity index (χ1) is 14.6. The molecule has 0 atom stereocenters. The van der Waals surface area contributed by atoms with Gasteiger partial charge in [0.05, 0.1) is 25.2 Å². The average Bonchev–Trinajstić information content (AvgIpc) is 3.43. The Morgan fingerprint density at radius 1 is 1.20 bits per heavy atom. The minimum Gasteiger partial charge on any atom is -0.495 e. The largest absolute Gasteiger partial charge is 0.495 e. The number of methoxy groups -OCH3 is 1. The van der Waals surface area contributed by atoms with Crippen molar-refractivity contribution in [3.8, 4) is 0 Å². The zero-order valence-corrected chi connectivity index (χ0v) is 17.3.